The molecule has 1 saturated heterocycles. The molecule has 4 heteroatoms. The molecule has 19 heavy (non-hydrogen) atoms. The average Bonchev–Trinajstić information content (AvgIpc) is 2.40. The number of carbonyl (C=O) groups is 1. The van der Waals surface area contributed by atoms with Crippen molar-refractivity contribution in [1.82, 2.24) is 4.90 Å². The first-order chi connectivity index (χ1) is 9.08. The summed E-state index contributed by atoms with van der Waals surface area (Å²) in [5, 5.41) is 0. The number of ether oxygens (including phenoxy) is 1. The second kappa shape index (κ2) is 5.97. The number of rotatable bonds is 2. The lowest BCUT2D eigenvalue weighted by Gasteiger charge is -2.36. The van der Waals surface area contributed by atoms with Crippen molar-refractivity contribution in [3.8, 4) is 0 Å². The maximum absolute atomic E-state index is 13.4. The minimum atomic E-state index is -0.324. The van der Waals surface area contributed by atoms with Crippen molar-refractivity contribution in [3.63, 3.8) is 0 Å². The van der Waals surface area contributed by atoms with Gasteiger partial charge in [0.1, 0.15) is 5.82 Å². The van der Waals surface area contributed by atoms with Gasteiger partial charge in [-0.1, -0.05) is 18.2 Å². The highest BCUT2D eigenvalue weighted by Gasteiger charge is 2.25. The van der Waals surface area contributed by atoms with Crippen LogP contribution >= 0.6 is 0 Å². The maximum atomic E-state index is 13.4. The van der Waals surface area contributed by atoms with Crippen LogP contribution < -0.4 is 0 Å². The van der Waals surface area contributed by atoms with E-state index in [1.807, 2.05) is 13.8 Å². The molecule has 3 nitrogen and oxygen atoms in total. The lowest BCUT2D eigenvalue weighted by Crippen LogP contribution is -2.49. The molecule has 0 bridgehead atoms. The van der Waals surface area contributed by atoms with Crippen LogP contribution in [0.2, 0.25) is 0 Å². The normalized spacial score (nSPS) is 23.8. The standard InChI is InChI=1S/C15H18FNO2/c1-11-10-19-12(2)9-17(11)15(18)8-7-13-5-3-4-6-14(13)16/h3-8,11-12H,9-10H2,1-2H3/b8-7+/t11-,12-/m1/s1. The number of amides is 1. The Labute approximate surface area is 112 Å². The second-order valence-electron chi connectivity index (χ2n) is 4.84. The Balaban J connectivity index is 2.06. The van der Waals surface area contributed by atoms with Crippen molar-refractivity contribution < 1.29 is 13.9 Å². The molecule has 0 saturated carbocycles. The van der Waals surface area contributed by atoms with Gasteiger partial charge in [0.05, 0.1) is 18.8 Å². The highest BCUT2D eigenvalue weighted by Crippen LogP contribution is 2.13. The summed E-state index contributed by atoms with van der Waals surface area (Å²) in [4.78, 5) is 13.9. The van der Waals surface area contributed by atoms with E-state index < -0.39 is 0 Å². The van der Waals surface area contributed by atoms with Crippen molar-refractivity contribution >= 4 is 12.0 Å². The van der Waals surface area contributed by atoms with E-state index >= 15 is 0 Å². The first kappa shape index (κ1) is 13.7. The summed E-state index contributed by atoms with van der Waals surface area (Å²) in [5.41, 5.74) is 0.421. The highest BCUT2D eigenvalue weighted by molar-refractivity contribution is 5.92. The van der Waals surface area contributed by atoms with Crippen LogP contribution in [-0.2, 0) is 9.53 Å². The van der Waals surface area contributed by atoms with E-state index in [4.69, 9.17) is 4.74 Å². The number of carbonyl (C=O) groups excluding carboxylic acids is 1. The Hall–Kier alpha value is -1.68. The van der Waals surface area contributed by atoms with Gasteiger partial charge in [0, 0.05) is 18.2 Å². The molecule has 1 aromatic rings. The minimum absolute atomic E-state index is 0.0435. The Morgan fingerprint density at radius 1 is 1.42 bits per heavy atom. The van der Waals surface area contributed by atoms with Gasteiger partial charge in [0.15, 0.2) is 0 Å². The molecule has 1 heterocycles. The largest absolute Gasteiger partial charge is 0.375 e. The summed E-state index contributed by atoms with van der Waals surface area (Å²) >= 11 is 0. The van der Waals surface area contributed by atoms with E-state index in [2.05, 4.69) is 0 Å². The molecule has 1 fully saturated rings. The molecule has 0 spiro atoms. The molecule has 0 aromatic heterocycles. The van der Waals surface area contributed by atoms with Crippen LogP contribution in [0.1, 0.15) is 19.4 Å². The number of benzene rings is 1. The maximum Gasteiger partial charge on any atom is 0.246 e. The fraction of sp³-hybridized carbons (Fsp3) is 0.400. The summed E-state index contributed by atoms with van der Waals surface area (Å²) in [5.74, 6) is -0.430. The Kier molecular flexibility index (Phi) is 4.32. The lowest BCUT2D eigenvalue weighted by molar-refractivity contribution is -0.137. The highest BCUT2D eigenvalue weighted by atomic mass is 19.1. The van der Waals surface area contributed by atoms with Crippen LogP contribution in [0, 0.1) is 5.82 Å². The van der Waals surface area contributed by atoms with Gasteiger partial charge in [-0.05, 0) is 26.0 Å². The summed E-state index contributed by atoms with van der Waals surface area (Å²) in [7, 11) is 0. The van der Waals surface area contributed by atoms with Gasteiger partial charge < -0.3 is 9.64 Å². The number of nitrogens with zero attached hydrogens (tertiary/aromatic N) is 1. The minimum Gasteiger partial charge on any atom is -0.375 e. The number of hydrogen-bond acceptors (Lipinski definition) is 2. The molecular weight excluding hydrogens is 245 g/mol. The van der Waals surface area contributed by atoms with E-state index in [9.17, 15) is 9.18 Å². The van der Waals surface area contributed by atoms with Crippen molar-refractivity contribution in [3.05, 3.63) is 41.7 Å². The molecule has 2 atom stereocenters. The third-order valence-electron chi connectivity index (χ3n) is 3.20. The fourth-order valence-corrected chi connectivity index (χ4v) is 2.08. The topological polar surface area (TPSA) is 29.5 Å². The second-order valence-corrected chi connectivity index (χ2v) is 4.84. The smallest absolute Gasteiger partial charge is 0.246 e. The zero-order valence-electron chi connectivity index (χ0n) is 11.2. The molecule has 0 unspecified atom stereocenters. The Bertz CT molecular complexity index is 487. The van der Waals surface area contributed by atoms with Gasteiger partial charge in [-0.2, -0.15) is 0 Å². The third-order valence-corrected chi connectivity index (χ3v) is 3.20. The molecule has 1 aromatic carbocycles. The molecule has 0 aliphatic carbocycles. The predicted octanol–water partition coefficient (Wildman–Crippen LogP) is 2.47. The molecule has 1 aliphatic rings. The zero-order chi connectivity index (χ0) is 13.8. The molecule has 0 N–H and O–H groups in total. The monoisotopic (exact) mass is 263 g/mol. The molecule has 0 radical (unpaired) electrons. The van der Waals surface area contributed by atoms with Gasteiger partial charge >= 0.3 is 0 Å². The van der Waals surface area contributed by atoms with E-state index in [0.717, 1.165) is 0 Å². The predicted molar refractivity (Wildman–Crippen MR) is 72.0 cm³/mol. The van der Waals surface area contributed by atoms with Crippen molar-refractivity contribution in [2.24, 2.45) is 0 Å². The molecular formula is C15H18FNO2. The Morgan fingerprint density at radius 2 is 2.16 bits per heavy atom. The van der Waals surface area contributed by atoms with E-state index in [-0.39, 0.29) is 23.9 Å². The van der Waals surface area contributed by atoms with E-state index in [1.165, 1.54) is 18.2 Å². The van der Waals surface area contributed by atoms with Crippen LogP contribution in [0.4, 0.5) is 4.39 Å². The SMILES string of the molecule is C[C@@H]1CN(C(=O)/C=C/c2ccccc2F)[C@H](C)CO1. The van der Waals surface area contributed by atoms with E-state index in [0.29, 0.717) is 18.7 Å². The van der Waals surface area contributed by atoms with Gasteiger partial charge in [0.25, 0.3) is 0 Å². The average molecular weight is 263 g/mol. The van der Waals surface area contributed by atoms with Gasteiger partial charge in [-0.15, -0.1) is 0 Å². The van der Waals surface area contributed by atoms with Crippen molar-refractivity contribution in [2.75, 3.05) is 13.2 Å². The molecule has 2 rings (SSSR count). The number of halogens is 1. The summed E-state index contributed by atoms with van der Waals surface area (Å²) in [6.45, 7) is 5.00. The molecule has 1 aliphatic heterocycles. The summed E-state index contributed by atoms with van der Waals surface area (Å²) < 4.78 is 18.9. The van der Waals surface area contributed by atoms with Crippen LogP contribution in [0.15, 0.2) is 30.3 Å². The zero-order valence-corrected chi connectivity index (χ0v) is 11.2. The summed E-state index contributed by atoms with van der Waals surface area (Å²) in [6, 6.07) is 6.44. The summed E-state index contributed by atoms with van der Waals surface area (Å²) in [6.07, 6.45) is 2.99. The quantitative estimate of drug-likeness (QED) is 0.767. The Morgan fingerprint density at radius 3 is 2.89 bits per heavy atom. The number of hydrogen-bond donors (Lipinski definition) is 0. The van der Waals surface area contributed by atoms with Crippen LogP contribution in [0.5, 0.6) is 0 Å². The van der Waals surface area contributed by atoms with E-state index in [1.54, 1.807) is 23.1 Å². The van der Waals surface area contributed by atoms with Gasteiger partial charge in [-0.25, -0.2) is 4.39 Å². The lowest BCUT2D eigenvalue weighted by atomic mass is 10.1. The molecule has 102 valence electrons. The van der Waals surface area contributed by atoms with Crippen molar-refractivity contribution in [1.29, 1.82) is 0 Å². The first-order valence-corrected chi connectivity index (χ1v) is 6.42. The van der Waals surface area contributed by atoms with Gasteiger partial charge in [-0.3, -0.25) is 4.79 Å². The number of morpholine rings is 1. The molecule has 1 amide bonds. The third kappa shape index (κ3) is 3.41. The van der Waals surface area contributed by atoms with Crippen LogP contribution in [0.3, 0.4) is 0 Å². The first-order valence-electron chi connectivity index (χ1n) is 6.42. The van der Waals surface area contributed by atoms with Gasteiger partial charge in [0.2, 0.25) is 5.91 Å². The van der Waals surface area contributed by atoms with Crippen LogP contribution in [-0.4, -0.2) is 36.1 Å². The van der Waals surface area contributed by atoms with Crippen molar-refractivity contribution in [2.45, 2.75) is 26.0 Å². The van der Waals surface area contributed by atoms with Crippen LogP contribution in [0.25, 0.3) is 6.08 Å². The fourth-order valence-electron chi connectivity index (χ4n) is 2.08.